The summed E-state index contributed by atoms with van der Waals surface area (Å²) in [7, 11) is 1.63. The third-order valence-electron chi connectivity index (χ3n) is 3.97. The fraction of sp³-hybridized carbons (Fsp3) is 0.600. The SMILES string of the molecule is CCCCN(C)c1ccc(C(O)(C(F)(F)F)C(F)(F)F)c2c1OCO2. The van der Waals surface area contributed by atoms with E-state index < -0.39 is 36.1 Å². The molecule has 0 amide bonds. The zero-order valence-electron chi connectivity index (χ0n) is 13.5. The fourth-order valence-electron chi connectivity index (χ4n) is 2.55. The van der Waals surface area contributed by atoms with Crippen molar-refractivity contribution in [2.75, 3.05) is 25.3 Å². The molecule has 1 aliphatic heterocycles. The number of rotatable bonds is 5. The van der Waals surface area contributed by atoms with Crippen LogP contribution >= 0.6 is 0 Å². The molecule has 25 heavy (non-hydrogen) atoms. The molecule has 1 heterocycles. The molecule has 10 heteroatoms. The minimum atomic E-state index is -5.99. The summed E-state index contributed by atoms with van der Waals surface area (Å²) in [5.74, 6) is -0.999. The molecule has 0 bridgehead atoms. The second kappa shape index (κ2) is 6.47. The number of hydrogen-bond donors (Lipinski definition) is 1. The van der Waals surface area contributed by atoms with E-state index in [2.05, 4.69) is 0 Å². The molecule has 142 valence electrons. The Morgan fingerprint density at radius 2 is 1.60 bits per heavy atom. The number of halogens is 6. The first-order valence-electron chi connectivity index (χ1n) is 7.45. The Morgan fingerprint density at radius 3 is 2.12 bits per heavy atom. The number of ether oxygens (including phenoxy) is 2. The van der Waals surface area contributed by atoms with E-state index >= 15 is 0 Å². The van der Waals surface area contributed by atoms with Gasteiger partial charge in [0.05, 0.1) is 5.69 Å². The van der Waals surface area contributed by atoms with Gasteiger partial charge in [0.1, 0.15) is 0 Å². The molecule has 1 aliphatic rings. The lowest BCUT2D eigenvalue weighted by Gasteiger charge is -2.33. The highest BCUT2D eigenvalue weighted by atomic mass is 19.4. The number of aliphatic hydroxyl groups is 1. The first-order valence-corrected chi connectivity index (χ1v) is 7.45. The second-order valence-electron chi connectivity index (χ2n) is 5.68. The minimum absolute atomic E-state index is 0.247. The van der Waals surface area contributed by atoms with E-state index in [1.54, 1.807) is 11.9 Å². The third-order valence-corrected chi connectivity index (χ3v) is 3.97. The molecule has 0 radical (unpaired) electrons. The van der Waals surface area contributed by atoms with Crippen LogP contribution < -0.4 is 14.4 Å². The van der Waals surface area contributed by atoms with E-state index in [0.29, 0.717) is 12.6 Å². The number of anilines is 1. The Kier molecular flexibility index (Phi) is 5.04. The summed E-state index contributed by atoms with van der Waals surface area (Å²) in [6, 6.07) is 1.63. The van der Waals surface area contributed by atoms with Gasteiger partial charge in [-0.1, -0.05) is 13.3 Å². The van der Waals surface area contributed by atoms with Gasteiger partial charge in [-0.25, -0.2) is 0 Å². The monoisotopic (exact) mass is 373 g/mol. The van der Waals surface area contributed by atoms with E-state index in [1.807, 2.05) is 6.92 Å². The number of fused-ring (bicyclic) bond motifs is 1. The standard InChI is InChI=1S/C15H17F6NO3/c1-3-4-7-22(2)10-6-5-9(11-12(10)25-8-24-11)13(23,14(16,17)18)15(19,20)21/h5-6,23H,3-4,7-8H2,1-2H3. The molecule has 1 aromatic rings. The number of unbranched alkanes of at least 4 members (excludes halogenated alkanes) is 1. The van der Waals surface area contributed by atoms with Gasteiger partial charge in [-0.3, -0.25) is 0 Å². The Bertz CT molecular complexity index is 615. The number of nitrogens with zero attached hydrogens (tertiary/aromatic N) is 1. The quantitative estimate of drug-likeness (QED) is 0.794. The van der Waals surface area contributed by atoms with Gasteiger partial charge < -0.3 is 19.5 Å². The van der Waals surface area contributed by atoms with Crippen molar-refractivity contribution >= 4 is 5.69 Å². The molecule has 0 aromatic heterocycles. The lowest BCUT2D eigenvalue weighted by molar-refractivity contribution is -0.376. The molecule has 0 atom stereocenters. The Balaban J connectivity index is 2.59. The minimum Gasteiger partial charge on any atom is -0.453 e. The summed E-state index contributed by atoms with van der Waals surface area (Å²) in [4.78, 5) is 1.64. The van der Waals surface area contributed by atoms with Crippen LogP contribution in [0.5, 0.6) is 11.5 Å². The van der Waals surface area contributed by atoms with Crippen LogP contribution in [0.4, 0.5) is 32.0 Å². The molecule has 0 fully saturated rings. The van der Waals surface area contributed by atoms with Crippen molar-refractivity contribution in [2.24, 2.45) is 0 Å². The number of benzene rings is 1. The molecule has 0 spiro atoms. The lowest BCUT2D eigenvalue weighted by atomic mass is 9.90. The first-order chi connectivity index (χ1) is 11.4. The average Bonchev–Trinajstić information content (AvgIpc) is 2.98. The average molecular weight is 373 g/mol. The van der Waals surface area contributed by atoms with Gasteiger partial charge in [0.2, 0.25) is 6.79 Å². The molecule has 0 saturated carbocycles. The molecular weight excluding hydrogens is 356 g/mol. The van der Waals surface area contributed by atoms with Gasteiger partial charge >= 0.3 is 12.4 Å². The van der Waals surface area contributed by atoms with Gasteiger partial charge in [0.15, 0.2) is 11.5 Å². The van der Waals surface area contributed by atoms with Crippen LogP contribution in [0.25, 0.3) is 0 Å². The van der Waals surface area contributed by atoms with Crippen molar-refractivity contribution in [3.05, 3.63) is 17.7 Å². The Morgan fingerprint density at radius 1 is 1.04 bits per heavy atom. The van der Waals surface area contributed by atoms with Crippen LogP contribution in [0, 0.1) is 0 Å². The van der Waals surface area contributed by atoms with Gasteiger partial charge in [0, 0.05) is 19.2 Å². The van der Waals surface area contributed by atoms with Gasteiger partial charge in [-0.2, -0.15) is 26.3 Å². The highest BCUT2D eigenvalue weighted by Crippen LogP contribution is 2.56. The third kappa shape index (κ3) is 3.19. The summed E-state index contributed by atoms with van der Waals surface area (Å²) in [5, 5.41) is 9.59. The van der Waals surface area contributed by atoms with Crippen LogP contribution in [0.1, 0.15) is 25.3 Å². The molecule has 0 aliphatic carbocycles. The van der Waals surface area contributed by atoms with Crippen molar-refractivity contribution < 1.29 is 40.9 Å². The maximum absolute atomic E-state index is 13.1. The van der Waals surface area contributed by atoms with Crippen LogP contribution in [-0.4, -0.2) is 37.8 Å². The molecule has 0 unspecified atom stereocenters. The topological polar surface area (TPSA) is 41.9 Å². The van der Waals surface area contributed by atoms with Crippen molar-refractivity contribution in [3.63, 3.8) is 0 Å². The smallest absolute Gasteiger partial charge is 0.430 e. The number of hydrogen-bond acceptors (Lipinski definition) is 4. The van der Waals surface area contributed by atoms with Crippen LogP contribution in [0.15, 0.2) is 12.1 Å². The highest BCUT2D eigenvalue weighted by Gasteiger charge is 2.72. The van der Waals surface area contributed by atoms with Crippen LogP contribution in [0.2, 0.25) is 0 Å². The predicted octanol–water partition coefficient (Wildman–Crippen LogP) is 3.96. The number of alkyl halides is 6. The van der Waals surface area contributed by atoms with Crippen molar-refractivity contribution in [1.29, 1.82) is 0 Å². The van der Waals surface area contributed by atoms with Crippen molar-refractivity contribution in [1.82, 2.24) is 0 Å². The molecule has 1 N–H and O–H groups in total. The highest BCUT2D eigenvalue weighted by molar-refractivity contribution is 5.69. The molecule has 1 aromatic carbocycles. The predicted molar refractivity (Wildman–Crippen MR) is 76.7 cm³/mol. The summed E-state index contributed by atoms with van der Waals surface area (Å²) in [5.41, 5.74) is -6.21. The van der Waals surface area contributed by atoms with Gasteiger partial charge in [0.25, 0.3) is 5.60 Å². The normalized spacial score (nSPS) is 14.8. The van der Waals surface area contributed by atoms with Gasteiger partial charge in [-0.05, 0) is 18.6 Å². The van der Waals surface area contributed by atoms with Crippen molar-refractivity contribution in [2.45, 2.75) is 37.7 Å². The maximum Gasteiger partial charge on any atom is 0.430 e. The molecular formula is C15H17F6NO3. The van der Waals surface area contributed by atoms with Crippen molar-refractivity contribution in [3.8, 4) is 11.5 Å². The largest absolute Gasteiger partial charge is 0.453 e. The summed E-state index contributed by atoms with van der Waals surface area (Å²) >= 11 is 0. The van der Waals surface area contributed by atoms with Crippen LogP contribution in [0.3, 0.4) is 0 Å². The van der Waals surface area contributed by atoms with Gasteiger partial charge in [-0.15, -0.1) is 0 Å². The molecule has 4 nitrogen and oxygen atoms in total. The zero-order chi connectivity index (χ0) is 19.0. The lowest BCUT2D eigenvalue weighted by Crippen LogP contribution is -2.54. The summed E-state index contributed by atoms with van der Waals surface area (Å²) in [6.07, 6.45) is -10.4. The Labute approximate surface area is 139 Å². The second-order valence-corrected chi connectivity index (χ2v) is 5.68. The zero-order valence-corrected chi connectivity index (χ0v) is 13.5. The maximum atomic E-state index is 13.1. The van der Waals surface area contributed by atoms with E-state index in [1.165, 1.54) is 0 Å². The first kappa shape index (κ1) is 19.5. The van der Waals surface area contributed by atoms with Crippen LogP contribution in [-0.2, 0) is 5.60 Å². The van der Waals surface area contributed by atoms with E-state index in [-0.39, 0.29) is 11.4 Å². The van der Waals surface area contributed by atoms with E-state index in [9.17, 15) is 31.4 Å². The Hall–Kier alpha value is -1.84. The van der Waals surface area contributed by atoms with E-state index in [0.717, 1.165) is 18.9 Å². The van der Waals surface area contributed by atoms with E-state index in [4.69, 9.17) is 9.47 Å². The molecule has 2 rings (SSSR count). The summed E-state index contributed by atoms with van der Waals surface area (Å²) in [6.45, 7) is 1.93. The molecule has 0 saturated heterocycles. The summed E-state index contributed by atoms with van der Waals surface area (Å²) < 4.78 is 88.6. The fourth-order valence-corrected chi connectivity index (χ4v) is 2.55.